The monoisotopic (exact) mass is 329 g/mol. The van der Waals surface area contributed by atoms with Crippen molar-refractivity contribution in [1.29, 1.82) is 0 Å². The quantitative estimate of drug-likeness (QED) is 0.839. The minimum Gasteiger partial charge on any atom is -0.481 e. The van der Waals surface area contributed by atoms with E-state index in [0.717, 1.165) is 25.7 Å². The molecule has 6 heteroatoms. The molecule has 114 valence electrons. The minimum atomic E-state index is -0.204. The smallest absolute Gasteiger partial charge is 0.258 e. The highest BCUT2D eigenvalue weighted by Crippen LogP contribution is 2.31. The van der Waals surface area contributed by atoms with E-state index in [2.05, 4.69) is 5.32 Å². The van der Waals surface area contributed by atoms with Crippen LogP contribution in [0.1, 0.15) is 42.5 Å². The lowest BCUT2D eigenvalue weighted by Crippen LogP contribution is -2.39. The molecule has 0 spiro atoms. The highest BCUT2D eigenvalue weighted by atomic mass is 35.5. The largest absolute Gasteiger partial charge is 0.481 e. The molecule has 0 unspecified atom stereocenters. The van der Waals surface area contributed by atoms with Crippen LogP contribution in [0.3, 0.4) is 0 Å². The summed E-state index contributed by atoms with van der Waals surface area (Å²) >= 11 is 11.8. The van der Waals surface area contributed by atoms with Crippen molar-refractivity contribution in [1.82, 2.24) is 5.32 Å². The molecule has 1 saturated carbocycles. The predicted molar refractivity (Wildman–Crippen MR) is 82.4 cm³/mol. The van der Waals surface area contributed by atoms with Crippen LogP contribution in [-0.2, 0) is 4.79 Å². The number of aldehydes is 1. The summed E-state index contributed by atoms with van der Waals surface area (Å²) in [4.78, 5) is 22.9. The second-order valence-corrected chi connectivity index (χ2v) is 5.96. The van der Waals surface area contributed by atoms with Crippen LogP contribution in [0.5, 0.6) is 5.75 Å². The highest BCUT2D eigenvalue weighted by molar-refractivity contribution is 6.36. The zero-order valence-corrected chi connectivity index (χ0v) is 13.0. The van der Waals surface area contributed by atoms with Gasteiger partial charge in [-0.05, 0) is 25.0 Å². The first-order valence-corrected chi connectivity index (χ1v) is 7.72. The lowest BCUT2D eigenvalue weighted by Gasteiger charge is -2.22. The van der Waals surface area contributed by atoms with E-state index < -0.39 is 0 Å². The van der Waals surface area contributed by atoms with Gasteiger partial charge in [0.25, 0.3) is 5.91 Å². The molecule has 4 nitrogen and oxygen atoms in total. The number of amides is 1. The van der Waals surface area contributed by atoms with Crippen LogP contribution < -0.4 is 10.1 Å². The first-order chi connectivity index (χ1) is 10.1. The molecule has 0 aliphatic heterocycles. The average Bonchev–Trinajstić information content (AvgIpc) is 2.46. The molecule has 0 aromatic heterocycles. The van der Waals surface area contributed by atoms with Crippen LogP contribution in [0.4, 0.5) is 0 Å². The van der Waals surface area contributed by atoms with E-state index in [4.69, 9.17) is 27.9 Å². The Morgan fingerprint density at radius 1 is 1.29 bits per heavy atom. The van der Waals surface area contributed by atoms with E-state index in [1.54, 1.807) is 0 Å². The van der Waals surface area contributed by atoms with Gasteiger partial charge in [0.2, 0.25) is 0 Å². The molecule has 2 rings (SSSR count). The van der Waals surface area contributed by atoms with Crippen LogP contribution >= 0.6 is 23.2 Å². The molecule has 0 bridgehead atoms. The van der Waals surface area contributed by atoms with Crippen LogP contribution in [0, 0.1) is 0 Å². The molecule has 1 fully saturated rings. The number of carbonyl (C=O) groups is 2. The Kier molecular flexibility index (Phi) is 5.88. The standard InChI is InChI=1S/C15H17Cl2NO3/c16-11-6-10(8-19)15(13(17)7-11)21-9-14(20)18-12-4-2-1-3-5-12/h6-8,12H,1-5,9H2,(H,18,20). The molecule has 1 aromatic carbocycles. The van der Waals surface area contributed by atoms with Gasteiger partial charge < -0.3 is 10.1 Å². The summed E-state index contributed by atoms with van der Waals surface area (Å²) in [6, 6.07) is 3.15. The van der Waals surface area contributed by atoms with Crippen LogP contribution in [0.2, 0.25) is 10.0 Å². The summed E-state index contributed by atoms with van der Waals surface area (Å²) in [7, 11) is 0. The van der Waals surface area contributed by atoms with Gasteiger partial charge in [-0.2, -0.15) is 0 Å². The molecular weight excluding hydrogens is 313 g/mol. The van der Waals surface area contributed by atoms with E-state index in [1.807, 2.05) is 0 Å². The molecule has 1 amide bonds. The van der Waals surface area contributed by atoms with E-state index in [-0.39, 0.29) is 34.9 Å². The summed E-state index contributed by atoms with van der Waals surface area (Å²) in [6.45, 7) is -0.168. The number of benzene rings is 1. The average molecular weight is 330 g/mol. The van der Waals surface area contributed by atoms with Gasteiger partial charge >= 0.3 is 0 Å². The fourth-order valence-corrected chi connectivity index (χ4v) is 3.04. The number of halogens is 2. The Balaban J connectivity index is 1.93. The number of ether oxygens (including phenoxy) is 1. The fraction of sp³-hybridized carbons (Fsp3) is 0.467. The van der Waals surface area contributed by atoms with Gasteiger partial charge in [-0.3, -0.25) is 9.59 Å². The van der Waals surface area contributed by atoms with Crippen molar-refractivity contribution in [3.05, 3.63) is 27.7 Å². The number of nitrogens with one attached hydrogen (secondary N) is 1. The topological polar surface area (TPSA) is 55.4 Å². The third-order valence-electron chi connectivity index (χ3n) is 3.48. The molecule has 0 atom stereocenters. The third kappa shape index (κ3) is 4.61. The molecule has 21 heavy (non-hydrogen) atoms. The molecule has 1 aromatic rings. The van der Waals surface area contributed by atoms with Crippen molar-refractivity contribution in [3.63, 3.8) is 0 Å². The van der Waals surface area contributed by atoms with Crippen LogP contribution in [0.15, 0.2) is 12.1 Å². The first-order valence-electron chi connectivity index (χ1n) is 6.96. The van der Waals surface area contributed by atoms with Gasteiger partial charge in [-0.15, -0.1) is 0 Å². The fourth-order valence-electron chi connectivity index (χ4n) is 2.47. The molecule has 0 saturated heterocycles. The molecular formula is C15H17Cl2NO3. The van der Waals surface area contributed by atoms with Crippen molar-refractivity contribution in [2.75, 3.05) is 6.61 Å². The van der Waals surface area contributed by atoms with Crippen molar-refractivity contribution in [3.8, 4) is 5.75 Å². The Morgan fingerprint density at radius 3 is 2.67 bits per heavy atom. The summed E-state index contributed by atoms with van der Waals surface area (Å²) in [5.74, 6) is -0.0142. The van der Waals surface area contributed by atoms with Gasteiger partial charge in [-0.25, -0.2) is 0 Å². The summed E-state index contributed by atoms with van der Waals surface area (Å²) < 4.78 is 5.38. The lowest BCUT2D eigenvalue weighted by molar-refractivity contribution is -0.124. The SMILES string of the molecule is O=Cc1cc(Cl)cc(Cl)c1OCC(=O)NC1CCCCC1. The normalized spacial score (nSPS) is 15.5. The second kappa shape index (κ2) is 7.66. The van der Waals surface area contributed by atoms with Crippen molar-refractivity contribution >= 4 is 35.4 Å². The van der Waals surface area contributed by atoms with E-state index in [1.165, 1.54) is 18.6 Å². The van der Waals surface area contributed by atoms with Gasteiger partial charge in [0.05, 0.1) is 10.6 Å². The Bertz CT molecular complexity index is 528. The second-order valence-electron chi connectivity index (χ2n) is 5.11. The molecule has 1 aliphatic carbocycles. The third-order valence-corrected chi connectivity index (χ3v) is 3.98. The Labute approximate surface area is 133 Å². The number of hydrogen-bond acceptors (Lipinski definition) is 3. The molecule has 1 aliphatic rings. The first kappa shape index (κ1) is 16.1. The lowest BCUT2D eigenvalue weighted by atomic mass is 9.95. The maximum Gasteiger partial charge on any atom is 0.258 e. The Hall–Kier alpha value is -1.26. The molecule has 1 N–H and O–H groups in total. The minimum absolute atomic E-state index is 0.168. The number of hydrogen-bond donors (Lipinski definition) is 1. The summed E-state index contributed by atoms with van der Waals surface area (Å²) in [5, 5.41) is 3.50. The van der Waals surface area contributed by atoms with Crippen LogP contribution in [-0.4, -0.2) is 24.8 Å². The number of carbonyl (C=O) groups excluding carboxylic acids is 2. The zero-order valence-electron chi connectivity index (χ0n) is 11.5. The van der Waals surface area contributed by atoms with E-state index >= 15 is 0 Å². The molecule has 0 heterocycles. The van der Waals surface area contributed by atoms with E-state index in [0.29, 0.717) is 11.3 Å². The predicted octanol–water partition coefficient (Wildman–Crippen LogP) is 3.63. The number of rotatable bonds is 5. The van der Waals surface area contributed by atoms with E-state index in [9.17, 15) is 9.59 Å². The van der Waals surface area contributed by atoms with Crippen LogP contribution in [0.25, 0.3) is 0 Å². The van der Waals surface area contributed by atoms with Gasteiger partial charge in [-0.1, -0.05) is 42.5 Å². The zero-order chi connectivity index (χ0) is 15.2. The van der Waals surface area contributed by atoms with Crippen molar-refractivity contribution in [2.45, 2.75) is 38.1 Å². The highest BCUT2D eigenvalue weighted by Gasteiger charge is 2.17. The summed E-state index contributed by atoms with van der Waals surface area (Å²) in [6.07, 6.45) is 6.13. The van der Waals surface area contributed by atoms with Gasteiger partial charge in [0.1, 0.15) is 5.75 Å². The summed E-state index contributed by atoms with van der Waals surface area (Å²) in [5.41, 5.74) is 0.234. The molecule has 0 radical (unpaired) electrons. The van der Waals surface area contributed by atoms with Gasteiger partial charge in [0, 0.05) is 11.1 Å². The van der Waals surface area contributed by atoms with Gasteiger partial charge in [0.15, 0.2) is 12.9 Å². The van der Waals surface area contributed by atoms with Crippen molar-refractivity contribution < 1.29 is 14.3 Å². The Morgan fingerprint density at radius 2 is 2.00 bits per heavy atom. The maximum atomic E-state index is 11.9. The maximum absolute atomic E-state index is 11.9. The van der Waals surface area contributed by atoms with Crippen molar-refractivity contribution in [2.24, 2.45) is 0 Å².